The summed E-state index contributed by atoms with van der Waals surface area (Å²) in [5, 5.41) is 10.5. The fraction of sp³-hybridized carbons (Fsp3) is 0.364. The Hall–Kier alpha value is -1.78. The Labute approximate surface area is 92.2 Å². The molecule has 0 N–H and O–H groups in total. The van der Waals surface area contributed by atoms with Gasteiger partial charge >= 0.3 is 0 Å². The molecule has 0 aliphatic rings. The van der Waals surface area contributed by atoms with Crippen molar-refractivity contribution < 1.29 is 14.1 Å². The summed E-state index contributed by atoms with van der Waals surface area (Å²) in [5.41, 5.74) is -1.77. The molecule has 1 aromatic carbocycles. The van der Waals surface area contributed by atoms with Crippen LogP contribution in [0.1, 0.15) is 18.4 Å². The number of nitro groups is 1. The van der Waals surface area contributed by atoms with E-state index in [2.05, 4.69) is 0 Å². The van der Waals surface area contributed by atoms with E-state index < -0.39 is 23.1 Å². The zero-order valence-corrected chi connectivity index (χ0v) is 8.80. The van der Waals surface area contributed by atoms with Gasteiger partial charge in [0.05, 0.1) is 5.92 Å². The van der Waals surface area contributed by atoms with Crippen molar-refractivity contribution in [2.45, 2.75) is 18.5 Å². The molecular formula is C11H12FNO3. The van der Waals surface area contributed by atoms with Gasteiger partial charge < -0.3 is 0 Å². The molecule has 0 aliphatic heterocycles. The highest BCUT2D eigenvalue weighted by molar-refractivity contribution is 5.64. The lowest BCUT2D eigenvalue weighted by molar-refractivity contribution is -0.485. The molecule has 0 unspecified atom stereocenters. The van der Waals surface area contributed by atoms with Crippen molar-refractivity contribution in [3.63, 3.8) is 0 Å². The van der Waals surface area contributed by atoms with E-state index in [4.69, 9.17) is 0 Å². The molecule has 5 heteroatoms. The minimum absolute atomic E-state index is 0.119. The molecule has 1 aromatic rings. The van der Waals surface area contributed by atoms with Gasteiger partial charge in [-0.15, -0.1) is 0 Å². The van der Waals surface area contributed by atoms with Crippen LogP contribution in [0.4, 0.5) is 4.39 Å². The molecule has 0 amide bonds. The van der Waals surface area contributed by atoms with Gasteiger partial charge in [-0.3, -0.25) is 14.9 Å². The van der Waals surface area contributed by atoms with Gasteiger partial charge in [-0.1, -0.05) is 30.3 Å². The predicted molar refractivity (Wildman–Crippen MR) is 56.6 cm³/mol. The number of hydrogen-bond donors (Lipinski definition) is 0. The fourth-order valence-corrected chi connectivity index (χ4v) is 1.53. The summed E-state index contributed by atoms with van der Waals surface area (Å²) in [7, 11) is 0. The second-order valence-electron chi connectivity index (χ2n) is 3.75. The molecule has 0 spiro atoms. The smallest absolute Gasteiger partial charge is 0.214 e. The first-order chi connectivity index (χ1) is 7.47. The maximum absolute atomic E-state index is 13.9. The average Bonchev–Trinajstić information content (AvgIpc) is 2.27. The van der Waals surface area contributed by atoms with Crippen molar-refractivity contribution in [3.05, 3.63) is 46.0 Å². The molecule has 0 fully saturated rings. The molecule has 16 heavy (non-hydrogen) atoms. The second kappa shape index (κ2) is 4.83. The Bertz CT molecular complexity index is 378. The van der Waals surface area contributed by atoms with Gasteiger partial charge in [0.25, 0.3) is 0 Å². The summed E-state index contributed by atoms with van der Waals surface area (Å²) in [6, 6.07) is 8.19. The van der Waals surface area contributed by atoms with E-state index in [1.54, 1.807) is 30.3 Å². The predicted octanol–water partition coefficient (Wildman–Crippen LogP) is 1.97. The number of rotatable bonds is 5. The third kappa shape index (κ3) is 2.85. The maximum Gasteiger partial charge on any atom is 0.214 e. The van der Waals surface area contributed by atoms with Crippen LogP contribution >= 0.6 is 0 Å². The van der Waals surface area contributed by atoms with Crippen LogP contribution in [0, 0.1) is 10.1 Å². The van der Waals surface area contributed by atoms with Crippen LogP contribution in [0.25, 0.3) is 0 Å². The monoisotopic (exact) mass is 225 g/mol. The van der Waals surface area contributed by atoms with Crippen molar-refractivity contribution in [2.75, 3.05) is 6.54 Å². The normalized spacial score (nSPS) is 16.1. The first kappa shape index (κ1) is 12.3. The summed E-state index contributed by atoms with van der Waals surface area (Å²) in [6.07, 6.45) is 0.119. The van der Waals surface area contributed by atoms with Crippen LogP contribution in [0.15, 0.2) is 30.3 Å². The SMILES string of the molecule is C[C@](F)(C=O)[C@H](C[N+](=O)[O-])c1ccccc1. The number of nitrogens with zero attached hydrogens (tertiary/aromatic N) is 1. The van der Waals surface area contributed by atoms with Crippen molar-refractivity contribution in [1.82, 2.24) is 0 Å². The molecular weight excluding hydrogens is 213 g/mol. The Kier molecular flexibility index (Phi) is 3.71. The first-order valence-corrected chi connectivity index (χ1v) is 4.79. The van der Waals surface area contributed by atoms with Crippen molar-refractivity contribution >= 4 is 6.29 Å². The van der Waals surface area contributed by atoms with Crippen LogP contribution in [0.5, 0.6) is 0 Å². The van der Waals surface area contributed by atoms with E-state index in [-0.39, 0.29) is 6.29 Å². The van der Waals surface area contributed by atoms with Gasteiger partial charge in [-0.25, -0.2) is 4.39 Å². The molecule has 0 saturated heterocycles. The topological polar surface area (TPSA) is 60.2 Å². The lowest BCUT2D eigenvalue weighted by Gasteiger charge is -2.22. The lowest BCUT2D eigenvalue weighted by atomic mass is 9.86. The molecule has 2 atom stereocenters. The number of hydrogen-bond acceptors (Lipinski definition) is 3. The number of benzene rings is 1. The highest BCUT2D eigenvalue weighted by atomic mass is 19.1. The first-order valence-electron chi connectivity index (χ1n) is 4.79. The summed E-state index contributed by atoms with van der Waals surface area (Å²) >= 11 is 0. The summed E-state index contributed by atoms with van der Waals surface area (Å²) in [5.74, 6) is -1.05. The molecule has 0 saturated carbocycles. The minimum atomic E-state index is -2.23. The third-order valence-electron chi connectivity index (χ3n) is 2.45. The summed E-state index contributed by atoms with van der Waals surface area (Å²) < 4.78 is 13.9. The lowest BCUT2D eigenvalue weighted by Crippen LogP contribution is -2.34. The van der Waals surface area contributed by atoms with Gasteiger partial charge in [0.1, 0.15) is 0 Å². The van der Waals surface area contributed by atoms with Crippen LogP contribution in [-0.2, 0) is 4.79 Å². The van der Waals surface area contributed by atoms with E-state index in [1.807, 2.05) is 0 Å². The van der Waals surface area contributed by atoms with E-state index in [0.29, 0.717) is 5.56 Å². The highest BCUT2D eigenvalue weighted by Crippen LogP contribution is 2.30. The van der Waals surface area contributed by atoms with Crippen LogP contribution in [0.2, 0.25) is 0 Å². The molecule has 0 radical (unpaired) electrons. The van der Waals surface area contributed by atoms with Crippen LogP contribution in [0.3, 0.4) is 0 Å². The molecule has 0 aromatic heterocycles. The zero-order valence-electron chi connectivity index (χ0n) is 8.80. The van der Waals surface area contributed by atoms with Gasteiger partial charge in [0.15, 0.2) is 12.0 Å². The molecule has 4 nitrogen and oxygen atoms in total. The van der Waals surface area contributed by atoms with Crippen molar-refractivity contribution in [1.29, 1.82) is 0 Å². The Morgan fingerprint density at radius 2 is 2.06 bits per heavy atom. The van der Waals surface area contributed by atoms with E-state index in [1.165, 1.54) is 0 Å². The van der Waals surface area contributed by atoms with Crippen molar-refractivity contribution in [2.24, 2.45) is 0 Å². The van der Waals surface area contributed by atoms with Gasteiger partial charge in [0, 0.05) is 4.92 Å². The third-order valence-corrected chi connectivity index (χ3v) is 2.45. The largest absolute Gasteiger partial charge is 0.300 e. The molecule has 0 aliphatic carbocycles. The second-order valence-corrected chi connectivity index (χ2v) is 3.75. The van der Waals surface area contributed by atoms with E-state index in [9.17, 15) is 19.3 Å². The molecule has 1 rings (SSSR count). The molecule has 0 bridgehead atoms. The van der Waals surface area contributed by atoms with E-state index in [0.717, 1.165) is 6.92 Å². The quantitative estimate of drug-likeness (QED) is 0.437. The number of halogens is 1. The fourth-order valence-electron chi connectivity index (χ4n) is 1.53. The highest BCUT2D eigenvalue weighted by Gasteiger charge is 2.38. The zero-order chi connectivity index (χ0) is 12.2. The number of aldehydes is 1. The van der Waals surface area contributed by atoms with Gasteiger partial charge in [-0.05, 0) is 12.5 Å². The number of alkyl halides is 1. The summed E-state index contributed by atoms with van der Waals surface area (Å²) in [4.78, 5) is 20.5. The standard InChI is InChI=1S/C11H12FNO3/c1-11(12,8-14)10(7-13(15)16)9-5-3-2-4-6-9/h2-6,8,10H,7H2,1H3/t10-,11+/m1/s1. The number of carbonyl (C=O) groups excluding carboxylic acids is 1. The van der Waals surface area contributed by atoms with Crippen LogP contribution < -0.4 is 0 Å². The summed E-state index contributed by atoms with van der Waals surface area (Å²) in [6.45, 7) is 0.455. The minimum Gasteiger partial charge on any atom is -0.300 e. The average molecular weight is 225 g/mol. The van der Waals surface area contributed by atoms with Gasteiger partial charge in [-0.2, -0.15) is 0 Å². The van der Waals surface area contributed by atoms with Gasteiger partial charge in [0.2, 0.25) is 6.54 Å². The Morgan fingerprint density at radius 1 is 1.50 bits per heavy atom. The van der Waals surface area contributed by atoms with Crippen molar-refractivity contribution in [3.8, 4) is 0 Å². The van der Waals surface area contributed by atoms with E-state index >= 15 is 0 Å². The maximum atomic E-state index is 13.9. The number of carbonyl (C=O) groups is 1. The molecule has 0 heterocycles. The molecule has 86 valence electrons. The Morgan fingerprint density at radius 3 is 2.50 bits per heavy atom. The van der Waals surface area contributed by atoms with Crippen LogP contribution in [-0.4, -0.2) is 23.4 Å². The Balaban J connectivity index is 3.06.